The molecular formula is C7H9ClN2. The van der Waals surface area contributed by atoms with Gasteiger partial charge in [-0.15, -0.1) is 11.6 Å². The van der Waals surface area contributed by atoms with Gasteiger partial charge in [-0.05, 0) is 6.07 Å². The van der Waals surface area contributed by atoms with Crippen molar-refractivity contribution in [1.29, 1.82) is 0 Å². The van der Waals surface area contributed by atoms with Gasteiger partial charge < -0.3 is 0 Å². The third-order valence-corrected chi connectivity index (χ3v) is 1.29. The molecule has 0 bridgehead atoms. The Morgan fingerprint density at radius 3 is 3.00 bits per heavy atom. The van der Waals surface area contributed by atoms with Crippen LogP contribution in [0.1, 0.15) is 0 Å². The number of alkyl halides is 1. The van der Waals surface area contributed by atoms with Gasteiger partial charge in [-0.2, -0.15) is 5.10 Å². The van der Waals surface area contributed by atoms with Crippen LogP contribution < -0.4 is 0 Å². The Morgan fingerprint density at radius 2 is 2.40 bits per heavy atom. The molecular weight excluding hydrogens is 148 g/mol. The van der Waals surface area contributed by atoms with E-state index in [0.29, 0.717) is 5.88 Å². The topological polar surface area (TPSA) is 17.8 Å². The van der Waals surface area contributed by atoms with E-state index in [9.17, 15) is 0 Å². The zero-order valence-electron chi connectivity index (χ0n) is 5.57. The number of rotatable bonds is 3. The van der Waals surface area contributed by atoms with Gasteiger partial charge >= 0.3 is 0 Å². The summed E-state index contributed by atoms with van der Waals surface area (Å²) in [5.41, 5.74) is 0. The largest absolute Gasteiger partial charge is 0.269 e. The SMILES string of the molecule is ClCC=CCn1cccn1. The number of aromatic nitrogens is 2. The van der Waals surface area contributed by atoms with Gasteiger partial charge in [-0.3, -0.25) is 4.68 Å². The van der Waals surface area contributed by atoms with E-state index in [2.05, 4.69) is 5.10 Å². The average Bonchev–Trinajstić information content (AvgIpc) is 2.41. The number of nitrogens with zero attached hydrogens (tertiary/aromatic N) is 2. The van der Waals surface area contributed by atoms with E-state index >= 15 is 0 Å². The Kier molecular flexibility index (Phi) is 3.03. The fourth-order valence-electron chi connectivity index (χ4n) is 0.654. The molecule has 1 aromatic rings. The fraction of sp³-hybridized carbons (Fsp3) is 0.286. The lowest BCUT2D eigenvalue weighted by Crippen LogP contribution is -1.93. The third-order valence-electron chi connectivity index (χ3n) is 1.11. The minimum atomic E-state index is 0.571. The van der Waals surface area contributed by atoms with Crippen molar-refractivity contribution < 1.29 is 0 Å². The van der Waals surface area contributed by atoms with E-state index < -0.39 is 0 Å². The maximum Gasteiger partial charge on any atom is 0.0590 e. The summed E-state index contributed by atoms with van der Waals surface area (Å²) >= 11 is 5.43. The van der Waals surface area contributed by atoms with Crippen LogP contribution in [0.4, 0.5) is 0 Å². The minimum Gasteiger partial charge on any atom is -0.269 e. The molecule has 1 rings (SSSR count). The van der Waals surface area contributed by atoms with Gasteiger partial charge in [0.05, 0.1) is 6.54 Å². The molecule has 2 nitrogen and oxygen atoms in total. The van der Waals surface area contributed by atoms with Crippen LogP contribution in [0.2, 0.25) is 0 Å². The molecule has 0 aliphatic carbocycles. The Hall–Kier alpha value is -0.760. The molecule has 0 aromatic carbocycles. The molecule has 0 radical (unpaired) electrons. The van der Waals surface area contributed by atoms with Crippen LogP contribution in [-0.4, -0.2) is 15.7 Å². The van der Waals surface area contributed by atoms with Crippen LogP contribution in [0.3, 0.4) is 0 Å². The van der Waals surface area contributed by atoms with E-state index in [4.69, 9.17) is 11.6 Å². The summed E-state index contributed by atoms with van der Waals surface area (Å²) in [4.78, 5) is 0. The lowest BCUT2D eigenvalue weighted by atomic mass is 10.5. The van der Waals surface area contributed by atoms with Crippen molar-refractivity contribution in [3.63, 3.8) is 0 Å². The van der Waals surface area contributed by atoms with Crippen molar-refractivity contribution in [1.82, 2.24) is 9.78 Å². The summed E-state index contributed by atoms with van der Waals surface area (Å²) in [7, 11) is 0. The van der Waals surface area contributed by atoms with Crippen molar-refractivity contribution in [2.45, 2.75) is 6.54 Å². The Morgan fingerprint density at radius 1 is 1.50 bits per heavy atom. The molecule has 1 aromatic heterocycles. The van der Waals surface area contributed by atoms with E-state index in [1.807, 2.05) is 29.1 Å². The Labute approximate surface area is 65.1 Å². The van der Waals surface area contributed by atoms with Gasteiger partial charge in [-0.25, -0.2) is 0 Å². The second-order valence-corrected chi connectivity index (χ2v) is 2.16. The smallest absolute Gasteiger partial charge is 0.0590 e. The predicted molar refractivity (Wildman–Crippen MR) is 42.1 cm³/mol. The quantitative estimate of drug-likeness (QED) is 0.481. The van der Waals surface area contributed by atoms with Crippen molar-refractivity contribution in [3.05, 3.63) is 30.6 Å². The summed E-state index contributed by atoms with van der Waals surface area (Å²) in [5, 5.41) is 4.01. The second-order valence-electron chi connectivity index (χ2n) is 1.85. The molecule has 10 heavy (non-hydrogen) atoms. The molecule has 0 atom stereocenters. The first-order valence-electron chi connectivity index (χ1n) is 3.12. The zero-order chi connectivity index (χ0) is 7.23. The fourth-order valence-corrected chi connectivity index (χ4v) is 0.780. The van der Waals surface area contributed by atoms with Gasteiger partial charge in [-0.1, -0.05) is 12.2 Å². The van der Waals surface area contributed by atoms with E-state index in [-0.39, 0.29) is 0 Å². The van der Waals surface area contributed by atoms with Gasteiger partial charge in [0.15, 0.2) is 0 Å². The van der Waals surface area contributed by atoms with Crippen LogP contribution >= 0.6 is 11.6 Å². The summed E-state index contributed by atoms with van der Waals surface area (Å²) in [6.07, 6.45) is 7.57. The molecule has 0 saturated heterocycles. The van der Waals surface area contributed by atoms with Crippen molar-refractivity contribution in [3.8, 4) is 0 Å². The lowest BCUT2D eigenvalue weighted by molar-refractivity contribution is 0.701. The van der Waals surface area contributed by atoms with E-state index in [1.54, 1.807) is 6.20 Å². The van der Waals surface area contributed by atoms with Crippen molar-refractivity contribution in [2.75, 3.05) is 5.88 Å². The number of hydrogen-bond donors (Lipinski definition) is 0. The van der Waals surface area contributed by atoms with Crippen LogP contribution in [0, 0.1) is 0 Å². The summed E-state index contributed by atoms with van der Waals surface area (Å²) in [6.45, 7) is 0.805. The maximum atomic E-state index is 5.43. The van der Waals surface area contributed by atoms with E-state index in [1.165, 1.54) is 0 Å². The van der Waals surface area contributed by atoms with Crippen LogP contribution in [-0.2, 0) is 6.54 Å². The molecule has 54 valence electrons. The van der Waals surface area contributed by atoms with Crippen LogP contribution in [0.15, 0.2) is 30.6 Å². The Balaban J connectivity index is 2.34. The zero-order valence-corrected chi connectivity index (χ0v) is 6.33. The monoisotopic (exact) mass is 156 g/mol. The van der Waals surface area contributed by atoms with Crippen LogP contribution in [0.25, 0.3) is 0 Å². The maximum absolute atomic E-state index is 5.43. The van der Waals surface area contributed by atoms with Crippen molar-refractivity contribution in [2.24, 2.45) is 0 Å². The van der Waals surface area contributed by atoms with Gasteiger partial charge in [0, 0.05) is 18.3 Å². The summed E-state index contributed by atoms with van der Waals surface area (Å²) < 4.78 is 1.84. The molecule has 1 heterocycles. The standard InChI is InChI=1S/C7H9ClN2/c8-4-1-2-6-10-7-3-5-9-10/h1-3,5,7H,4,6H2. The highest BCUT2D eigenvalue weighted by molar-refractivity contribution is 6.18. The minimum absolute atomic E-state index is 0.571. The number of halogens is 1. The average molecular weight is 157 g/mol. The first kappa shape index (κ1) is 7.35. The van der Waals surface area contributed by atoms with Gasteiger partial charge in [0.25, 0.3) is 0 Å². The Bertz CT molecular complexity index is 191. The van der Waals surface area contributed by atoms with E-state index in [0.717, 1.165) is 6.54 Å². The molecule has 0 amide bonds. The summed E-state index contributed by atoms with van der Waals surface area (Å²) in [6, 6.07) is 1.90. The highest BCUT2D eigenvalue weighted by Crippen LogP contribution is 1.86. The first-order chi connectivity index (χ1) is 4.93. The third kappa shape index (κ3) is 2.23. The second kappa shape index (κ2) is 4.12. The predicted octanol–water partition coefficient (Wildman–Crippen LogP) is 1.68. The van der Waals surface area contributed by atoms with Gasteiger partial charge in [0.1, 0.15) is 0 Å². The highest BCUT2D eigenvalue weighted by Gasteiger charge is 1.81. The molecule has 0 aliphatic heterocycles. The van der Waals surface area contributed by atoms with Crippen LogP contribution in [0.5, 0.6) is 0 Å². The van der Waals surface area contributed by atoms with Crippen molar-refractivity contribution >= 4 is 11.6 Å². The normalized spacial score (nSPS) is 10.9. The molecule has 0 fully saturated rings. The van der Waals surface area contributed by atoms with Gasteiger partial charge in [0.2, 0.25) is 0 Å². The molecule has 0 spiro atoms. The molecule has 3 heteroatoms. The molecule has 0 aliphatic rings. The highest BCUT2D eigenvalue weighted by atomic mass is 35.5. The molecule has 0 unspecified atom stereocenters. The molecule has 0 saturated carbocycles. The summed E-state index contributed by atoms with van der Waals surface area (Å²) in [5.74, 6) is 0.571. The lowest BCUT2D eigenvalue weighted by Gasteiger charge is -1.91. The number of hydrogen-bond acceptors (Lipinski definition) is 1. The number of allylic oxidation sites excluding steroid dienone is 2. The first-order valence-corrected chi connectivity index (χ1v) is 3.65. The molecule has 0 N–H and O–H groups in total.